The Morgan fingerprint density at radius 2 is 1.57 bits per heavy atom. The first-order valence-corrected chi connectivity index (χ1v) is 22.9. The second kappa shape index (κ2) is 26.5. The smallest absolute Gasteiger partial charge is 0.330 e. The molecule has 336 valence electrons. The monoisotopic (exact) mass is 865 g/mol. The summed E-state index contributed by atoms with van der Waals surface area (Å²) >= 11 is 0. The summed E-state index contributed by atoms with van der Waals surface area (Å²) in [5.74, 6) is 0.0846. The van der Waals surface area contributed by atoms with Gasteiger partial charge >= 0.3 is 14.6 Å². The van der Waals surface area contributed by atoms with Gasteiger partial charge in [0.25, 0.3) is 0 Å². The van der Waals surface area contributed by atoms with Gasteiger partial charge in [-0.1, -0.05) is 93.4 Å². The second-order valence-electron chi connectivity index (χ2n) is 16.4. The van der Waals surface area contributed by atoms with Gasteiger partial charge in [-0.2, -0.15) is 0 Å². The van der Waals surface area contributed by atoms with Gasteiger partial charge in [0.05, 0.1) is 37.0 Å². The van der Waals surface area contributed by atoms with Gasteiger partial charge in [-0.05, 0) is 88.2 Å². The van der Waals surface area contributed by atoms with Crippen molar-refractivity contribution in [1.29, 1.82) is 0 Å². The molecule has 2 aliphatic rings. The van der Waals surface area contributed by atoms with Gasteiger partial charge in [0.2, 0.25) is 12.2 Å². The summed E-state index contributed by atoms with van der Waals surface area (Å²) < 4.78 is 28.2. The molecule has 2 fully saturated rings. The average Bonchev–Trinajstić information content (AvgIpc) is 3.25. The standard InChI is InChI=1S/C27H39N2O4P.C20H29NO6/c1-28-22-26(30)29-20-10-2-3-11-21-32-34(31)33-25-16-18-27(19-17-25,23-12-6-4-7-13-23)24-14-8-5-9-15-24;1-12(2)20(24)25-11-14-5-6-17(21-13(3)4)18(7-14)27-19-9-15(23)8-16(10-22)26-19/h4-9,12-15,25,28,31H,2-3,10-11,16-22H2,1H3,(H,29,30);5-7,10,12-13,15-16,19,21,23H,8-9,11H2,1-4H3. The minimum atomic E-state index is -1.85. The topological polar surface area (TPSA) is 174 Å². The Kier molecular flexibility index (Phi) is 21.6. The minimum Gasteiger partial charge on any atom is -0.463 e. The van der Waals surface area contributed by atoms with Crippen LogP contribution in [0.3, 0.4) is 0 Å². The Labute approximate surface area is 363 Å². The van der Waals surface area contributed by atoms with Crippen molar-refractivity contribution in [3.05, 3.63) is 95.6 Å². The van der Waals surface area contributed by atoms with Crippen LogP contribution in [0.5, 0.6) is 5.75 Å². The molecule has 14 heteroatoms. The third-order valence-electron chi connectivity index (χ3n) is 10.7. The van der Waals surface area contributed by atoms with Crippen molar-refractivity contribution < 1.29 is 47.6 Å². The average molecular weight is 866 g/mol. The summed E-state index contributed by atoms with van der Waals surface area (Å²) in [7, 11) is -0.0872. The van der Waals surface area contributed by atoms with Crippen molar-refractivity contribution in [3.63, 3.8) is 0 Å². The van der Waals surface area contributed by atoms with Gasteiger partial charge < -0.3 is 54.0 Å². The van der Waals surface area contributed by atoms with Gasteiger partial charge in [0.1, 0.15) is 24.7 Å². The van der Waals surface area contributed by atoms with Crippen LogP contribution in [-0.2, 0) is 44.9 Å². The number of aliphatic hydroxyl groups excluding tert-OH is 1. The lowest BCUT2D eigenvalue weighted by Gasteiger charge is -2.41. The molecule has 4 unspecified atom stereocenters. The fourth-order valence-corrected chi connectivity index (χ4v) is 8.30. The van der Waals surface area contributed by atoms with E-state index in [4.69, 9.17) is 23.3 Å². The van der Waals surface area contributed by atoms with E-state index < -0.39 is 27.1 Å². The maximum Gasteiger partial charge on any atom is 0.330 e. The fraction of sp³-hybridized carbons (Fsp3) is 0.553. The number of hydrogen-bond acceptors (Lipinski definition) is 12. The molecule has 1 saturated heterocycles. The lowest BCUT2D eigenvalue weighted by atomic mass is 9.65. The molecule has 1 aliphatic carbocycles. The number of ether oxygens (including phenoxy) is 3. The highest BCUT2D eigenvalue weighted by molar-refractivity contribution is 7.40. The number of aldehydes is 1. The number of hydrogen-bond donors (Lipinski definition) is 5. The largest absolute Gasteiger partial charge is 0.463 e. The summed E-state index contributed by atoms with van der Waals surface area (Å²) in [6.07, 6.45) is 6.79. The summed E-state index contributed by atoms with van der Waals surface area (Å²) in [5.41, 5.74) is 4.23. The van der Waals surface area contributed by atoms with Crippen LogP contribution in [0.4, 0.5) is 5.69 Å². The molecule has 0 radical (unpaired) electrons. The zero-order valence-corrected chi connectivity index (χ0v) is 37.4. The maximum atomic E-state index is 11.7. The quantitative estimate of drug-likeness (QED) is 0.0289. The summed E-state index contributed by atoms with van der Waals surface area (Å²) in [6.45, 7) is 9.26. The molecule has 3 aromatic carbocycles. The zero-order chi connectivity index (χ0) is 44.0. The summed E-state index contributed by atoms with van der Waals surface area (Å²) in [4.78, 5) is 44.4. The summed E-state index contributed by atoms with van der Waals surface area (Å²) in [5, 5.41) is 18.9. The van der Waals surface area contributed by atoms with E-state index in [1.807, 2.05) is 26.0 Å². The highest BCUT2D eigenvalue weighted by Gasteiger charge is 2.39. The van der Waals surface area contributed by atoms with Crippen LogP contribution in [0.25, 0.3) is 0 Å². The van der Waals surface area contributed by atoms with Gasteiger partial charge in [0, 0.05) is 30.8 Å². The number of anilines is 1. The highest BCUT2D eigenvalue weighted by Crippen LogP contribution is 2.48. The van der Waals surface area contributed by atoms with Crippen LogP contribution in [0.2, 0.25) is 0 Å². The molecule has 13 nitrogen and oxygen atoms in total. The Hall–Kier alpha value is -3.94. The first-order chi connectivity index (χ1) is 29.4. The Morgan fingerprint density at radius 3 is 2.18 bits per heavy atom. The third kappa shape index (κ3) is 17.0. The lowest BCUT2D eigenvalue weighted by Crippen LogP contribution is -2.39. The van der Waals surface area contributed by atoms with Crippen LogP contribution < -0.4 is 20.7 Å². The van der Waals surface area contributed by atoms with E-state index in [-0.39, 0.29) is 54.8 Å². The van der Waals surface area contributed by atoms with Crippen molar-refractivity contribution >= 4 is 32.5 Å². The normalized spacial score (nSPS) is 19.3. The van der Waals surface area contributed by atoms with E-state index in [0.29, 0.717) is 31.7 Å². The van der Waals surface area contributed by atoms with Gasteiger partial charge in [-0.25, -0.2) is 0 Å². The molecule has 5 rings (SSSR count). The van der Waals surface area contributed by atoms with Crippen LogP contribution in [-0.4, -0.2) is 85.6 Å². The van der Waals surface area contributed by atoms with Crippen molar-refractivity contribution in [3.8, 4) is 5.75 Å². The molecule has 0 aromatic heterocycles. The van der Waals surface area contributed by atoms with Crippen molar-refractivity contribution in [1.82, 2.24) is 10.6 Å². The Balaban J connectivity index is 0.000000276. The third-order valence-corrected chi connectivity index (χ3v) is 11.5. The van der Waals surface area contributed by atoms with Crippen LogP contribution >= 0.6 is 8.60 Å². The molecule has 0 bridgehead atoms. The van der Waals surface area contributed by atoms with E-state index >= 15 is 0 Å². The molecular formula is C47H68N3O10P. The van der Waals surface area contributed by atoms with E-state index in [2.05, 4.69) is 76.6 Å². The predicted molar refractivity (Wildman–Crippen MR) is 238 cm³/mol. The second-order valence-corrected chi connectivity index (χ2v) is 17.3. The predicted octanol–water partition coefficient (Wildman–Crippen LogP) is 7.71. The van der Waals surface area contributed by atoms with E-state index in [1.54, 1.807) is 27.0 Å². The number of likely N-dealkylation sites (N-methyl/N-ethyl adjacent to an activating group) is 1. The molecular weight excluding hydrogens is 798 g/mol. The number of esters is 1. The molecule has 3 aromatic rings. The molecule has 61 heavy (non-hydrogen) atoms. The minimum absolute atomic E-state index is 0.00598. The molecule has 1 aliphatic heterocycles. The molecule has 1 amide bonds. The van der Waals surface area contributed by atoms with Crippen LogP contribution in [0.15, 0.2) is 78.9 Å². The van der Waals surface area contributed by atoms with Crippen molar-refractivity contribution in [2.75, 3.05) is 32.1 Å². The zero-order valence-electron chi connectivity index (χ0n) is 36.6. The SMILES string of the molecule is CC(C)Nc1ccc(COC(=O)C(C)C)cc1OC1CC(O)CC(C=O)O1.CNCC(=O)NCCCCCCOP(O)OC1CCC(c2ccccc2)(c2ccccc2)CC1. The number of nitrogens with one attached hydrogen (secondary N) is 3. The van der Waals surface area contributed by atoms with Crippen LogP contribution in [0, 0.1) is 5.92 Å². The first kappa shape index (κ1) is 49.7. The summed E-state index contributed by atoms with van der Waals surface area (Å²) in [6, 6.07) is 27.2. The number of unbranched alkanes of at least 4 members (excludes halogenated alkanes) is 3. The Bertz CT molecular complexity index is 1680. The number of rotatable bonds is 22. The van der Waals surface area contributed by atoms with E-state index in [0.717, 1.165) is 62.6 Å². The molecule has 5 N–H and O–H groups in total. The highest BCUT2D eigenvalue weighted by atomic mass is 31.2. The van der Waals surface area contributed by atoms with Crippen LogP contribution in [0.1, 0.15) is 109 Å². The van der Waals surface area contributed by atoms with Gasteiger partial charge in [-0.15, -0.1) is 0 Å². The molecule has 4 atom stereocenters. The number of carbonyl (C=O) groups excluding carboxylic acids is 3. The van der Waals surface area contributed by atoms with Crippen molar-refractivity contribution in [2.24, 2.45) is 5.92 Å². The van der Waals surface area contributed by atoms with E-state index in [1.165, 1.54) is 11.1 Å². The molecule has 0 spiro atoms. The molecule has 1 heterocycles. The first-order valence-electron chi connectivity index (χ1n) is 21.7. The Morgan fingerprint density at radius 1 is 0.918 bits per heavy atom. The molecule has 1 saturated carbocycles. The maximum absolute atomic E-state index is 11.7. The van der Waals surface area contributed by atoms with Gasteiger partial charge in [-0.3, -0.25) is 9.59 Å². The van der Waals surface area contributed by atoms with Gasteiger partial charge in [0.15, 0.2) is 0 Å². The fourth-order valence-electron chi connectivity index (χ4n) is 7.48. The number of aliphatic hydroxyl groups is 1. The van der Waals surface area contributed by atoms with Crippen molar-refractivity contribution in [2.45, 2.75) is 135 Å². The number of carbonyl (C=O) groups is 3. The number of amides is 1. The lowest BCUT2D eigenvalue weighted by molar-refractivity contribution is -0.175. The number of benzene rings is 3. The van der Waals surface area contributed by atoms with E-state index in [9.17, 15) is 24.4 Å².